The minimum Gasteiger partial charge on any atom is -0.316 e. The van der Waals surface area contributed by atoms with Crippen LogP contribution in [-0.4, -0.2) is 50.3 Å². The van der Waals surface area contributed by atoms with Crippen LogP contribution < -0.4 is 5.32 Å². The Morgan fingerprint density at radius 1 is 1.20 bits per heavy atom. The Balaban J connectivity index is 1.69. The van der Waals surface area contributed by atoms with Crippen LogP contribution in [0.25, 0.3) is 0 Å². The molecule has 110 valence electrons. The fraction of sp³-hybridized carbons (Fsp3) is 0.571. The minimum atomic E-state index is -3.34. The van der Waals surface area contributed by atoms with Crippen LogP contribution in [0.4, 0.5) is 0 Å². The molecule has 0 unspecified atom stereocenters. The molecule has 2 fully saturated rings. The second-order valence-corrected chi connectivity index (χ2v) is 7.78. The maximum Gasteiger partial charge on any atom is 0.282 e. The second kappa shape index (κ2) is 5.44. The van der Waals surface area contributed by atoms with Gasteiger partial charge in [0, 0.05) is 26.7 Å². The number of nitrogens with zero attached hydrogens (tertiary/aromatic N) is 2. The van der Waals surface area contributed by atoms with Gasteiger partial charge in [-0.15, -0.1) is 0 Å². The quantitative estimate of drug-likeness (QED) is 0.881. The summed E-state index contributed by atoms with van der Waals surface area (Å²) in [4.78, 5) is 0. The smallest absolute Gasteiger partial charge is 0.282 e. The van der Waals surface area contributed by atoms with Gasteiger partial charge in [0.05, 0.1) is 0 Å². The van der Waals surface area contributed by atoms with Crippen LogP contribution in [0.3, 0.4) is 0 Å². The first kappa shape index (κ1) is 14.0. The predicted octanol–water partition coefficient (Wildman–Crippen LogP) is 0.514. The molecule has 20 heavy (non-hydrogen) atoms. The van der Waals surface area contributed by atoms with Gasteiger partial charge in [0.1, 0.15) is 0 Å². The van der Waals surface area contributed by atoms with E-state index in [0.29, 0.717) is 31.5 Å². The molecule has 0 aliphatic carbocycles. The van der Waals surface area contributed by atoms with Crippen molar-refractivity contribution in [3.05, 3.63) is 35.9 Å². The molecule has 2 saturated heterocycles. The fourth-order valence-corrected chi connectivity index (χ4v) is 4.59. The molecule has 2 aliphatic heterocycles. The van der Waals surface area contributed by atoms with Crippen molar-refractivity contribution in [3.63, 3.8) is 0 Å². The van der Waals surface area contributed by atoms with Crippen LogP contribution in [0.15, 0.2) is 30.3 Å². The number of hydrogen-bond acceptors (Lipinski definition) is 3. The highest BCUT2D eigenvalue weighted by Crippen LogP contribution is 2.29. The first-order chi connectivity index (χ1) is 9.57. The Bertz CT molecular complexity index is 549. The monoisotopic (exact) mass is 295 g/mol. The van der Waals surface area contributed by atoms with E-state index in [2.05, 4.69) is 5.32 Å². The van der Waals surface area contributed by atoms with E-state index >= 15 is 0 Å². The van der Waals surface area contributed by atoms with Crippen molar-refractivity contribution < 1.29 is 8.42 Å². The lowest BCUT2D eigenvalue weighted by Gasteiger charge is -2.24. The molecule has 2 aliphatic rings. The summed E-state index contributed by atoms with van der Waals surface area (Å²) in [6, 6.07) is 9.71. The van der Waals surface area contributed by atoms with E-state index < -0.39 is 10.2 Å². The average molecular weight is 295 g/mol. The molecular formula is C14H21N3O2S. The normalized spacial score (nSPS) is 27.1. The van der Waals surface area contributed by atoms with E-state index in [1.54, 1.807) is 11.4 Å². The summed E-state index contributed by atoms with van der Waals surface area (Å²) in [7, 11) is -1.68. The van der Waals surface area contributed by atoms with Crippen LogP contribution >= 0.6 is 0 Å². The number of benzene rings is 1. The Kier molecular flexibility index (Phi) is 3.81. The third-order valence-electron chi connectivity index (χ3n) is 4.32. The summed E-state index contributed by atoms with van der Waals surface area (Å²) >= 11 is 0. The molecule has 2 heterocycles. The van der Waals surface area contributed by atoms with E-state index in [1.807, 2.05) is 30.3 Å². The largest absolute Gasteiger partial charge is 0.316 e. The van der Waals surface area contributed by atoms with Gasteiger partial charge >= 0.3 is 0 Å². The Morgan fingerprint density at radius 2 is 1.80 bits per heavy atom. The van der Waals surface area contributed by atoms with Gasteiger partial charge in [-0.05, 0) is 30.5 Å². The zero-order chi connectivity index (χ0) is 14.2. The third-order valence-corrected chi connectivity index (χ3v) is 6.19. The molecule has 3 rings (SSSR count). The van der Waals surface area contributed by atoms with E-state index in [1.165, 1.54) is 4.31 Å². The summed E-state index contributed by atoms with van der Waals surface area (Å²) < 4.78 is 28.3. The van der Waals surface area contributed by atoms with Gasteiger partial charge in [0.15, 0.2) is 0 Å². The van der Waals surface area contributed by atoms with Crippen molar-refractivity contribution in [2.24, 2.45) is 11.8 Å². The van der Waals surface area contributed by atoms with Crippen molar-refractivity contribution in [3.8, 4) is 0 Å². The van der Waals surface area contributed by atoms with Crippen molar-refractivity contribution in [2.75, 3.05) is 33.2 Å². The summed E-state index contributed by atoms with van der Waals surface area (Å²) in [6.45, 7) is 3.61. The minimum absolute atomic E-state index is 0.424. The van der Waals surface area contributed by atoms with E-state index in [0.717, 1.165) is 18.7 Å². The summed E-state index contributed by atoms with van der Waals surface area (Å²) in [5.74, 6) is 0.963. The van der Waals surface area contributed by atoms with E-state index in [-0.39, 0.29) is 0 Å². The molecule has 0 spiro atoms. The Labute approximate surface area is 120 Å². The molecule has 0 radical (unpaired) electrons. The van der Waals surface area contributed by atoms with Gasteiger partial charge in [0.2, 0.25) is 0 Å². The number of rotatable bonds is 4. The molecule has 1 aromatic carbocycles. The Morgan fingerprint density at radius 3 is 2.40 bits per heavy atom. The van der Waals surface area contributed by atoms with Gasteiger partial charge in [-0.2, -0.15) is 17.0 Å². The standard InChI is InChI=1S/C14H21N3O2S/c1-16(9-12-5-3-2-4-6-12)20(18,19)17-10-13-7-15-8-14(13)11-17/h2-6,13-15H,7-11H2,1H3/t13-,14+. The predicted molar refractivity (Wildman–Crippen MR) is 78.3 cm³/mol. The second-order valence-electron chi connectivity index (χ2n) is 5.74. The number of fused-ring (bicyclic) bond motifs is 1. The topological polar surface area (TPSA) is 52.7 Å². The highest BCUT2D eigenvalue weighted by atomic mass is 32.2. The molecule has 0 aromatic heterocycles. The van der Waals surface area contributed by atoms with Crippen molar-refractivity contribution in [2.45, 2.75) is 6.54 Å². The van der Waals surface area contributed by atoms with Gasteiger partial charge in [-0.1, -0.05) is 30.3 Å². The van der Waals surface area contributed by atoms with Crippen LogP contribution in [0.1, 0.15) is 5.56 Å². The molecular weight excluding hydrogens is 274 g/mol. The highest BCUT2D eigenvalue weighted by Gasteiger charge is 2.42. The van der Waals surface area contributed by atoms with Crippen molar-refractivity contribution >= 4 is 10.2 Å². The number of nitrogens with one attached hydrogen (secondary N) is 1. The van der Waals surface area contributed by atoms with Gasteiger partial charge in [-0.25, -0.2) is 0 Å². The molecule has 0 amide bonds. The van der Waals surface area contributed by atoms with Gasteiger partial charge in [-0.3, -0.25) is 0 Å². The summed E-state index contributed by atoms with van der Waals surface area (Å²) in [6.07, 6.45) is 0. The van der Waals surface area contributed by atoms with Crippen LogP contribution in [0.5, 0.6) is 0 Å². The van der Waals surface area contributed by atoms with Crippen molar-refractivity contribution in [1.29, 1.82) is 0 Å². The van der Waals surface area contributed by atoms with Crippen LogP contribution in [0.2, 0.25) is 0 Å². The molecule has 2 atom stereocenters. The molecule has 1 aromatic rings. The van der Waals surface area contributed by atoms with E-state index in [4.69, 9.17) is 0 Å². The van der Waals surface area contributed by atoms with Crippen molar-refractivity contribution in [1.82, 2.24) is 13.9 Å². The lowest BCUT2D eigenvalue weighted by Crippen LogP contribution is -2.41. The lowest BCUT2D eigenvalue weighted by molar-refractivity contribution is 0.378. The van der Waals surface area contributed by atoms with Crippen LogP contribution in [-0.2, 0) is 16.8 Å². The SMILES string of the molecule is CN(Cc1ccccc1)S(=O)(=O)N1C[C@H]2CNC[C@H]2C1. The first-order valence-corrected chi connectivity index (χ1v) is 8.43. The maximum atomic E-state index is 12.6. The van der Waals surface area contributed by atoms with E-state index in [9.17, 15) is 8.42 Å². The molecule has 6 heteroatoms. The molecule has 0 saturated carbocycles. The third kappa shape index (κ3) is 2.61. The van der Waals surface area contributed by atoms with Gasteiger partial charge in [0.25, 0.3) is 10.2 Å². The fourth-order valence-electron chi connectivity index (χ4n) is 3.12. The average Bonchev–Trinajstić information content (AvgIpc) is 3.00. The zero-order valence-corrected chi connectivity index (χ0v) is 12.5. The maximum absolute atomic E-state index is 12.6. The molecule has 0 bridgehead atoms. The highest BCUT2D eigenvalue weighted by molar-refractivity contribution is 7.86. The first-order valence-electron chi connectivity index (χ1n) is 7.03. The molecule has 1 N–H and O–H groups in total. The summed E-state index contributed by atoms with van der Waals surface area (Å²) in [5, 5.41) is 3.33. The zero-order valence-electron chi connectivity index (χ0n) is 11.7. The van der Waals surface area contributed by atoms with Crippen LogP contribution in [0, 0.1) is 11.8 Å². The summed E-state index contributed by atoms with van der Waals surface area (Å²) in [5.41, 5.74) is 1.01. The number of hydrogen-bond donors (Lipinski definition) is 1. The molecule has 5 nitrogen and oxygen atoms in total. The van der Waals surface area contributed by atoms with Gasteiger partial charge < -0.3 is 5.32 Å². The Hall–Kier alpha value is -0.950. The lowest BCUT2D eigenvalue weighted by atomic mass is 10.0.